The highest BCUT2D eigenvalue weighted by atomic mass is 16.2. The van der Waals surface area contributed by atoms with Crippen LogP contribution in [0.3, 0.4) is 0 Å². The molecule has 198 valence electrons. The van der Waals surface area contributed by atoms with Gasteiger partial charge >= 0.3 is 6.03 Å². The predicted molar refractivity (Wildman–Crippen MR) is 157 cm³/mol. The summed E-state index contributed by atoms with van der Waals surface area (Å²) in [5, 5.41) is 11.2. The molecule has 2 aromatic carbocycles. The fraction of sp³-hybridized carbons (Fsp3) is 0.484. The normalized spacial score (nSPS) is 17.7. The number of benzene rings is 2. The van der Waals surface area contributed by atoms with E-state index < -0.39 is 0 Å². The Hall–Kier alpha value is -3.28. The summed E-state index contributed by atoms with van der Waals surface area (Å²) in [6.07, 6.45) is 4.33. The van der Waals surface area contributed by atoms with Gasteiger partial charge in [-0.25, -0.2) is 9.78 Å². The molecule has 0 saturated heterocycles. The van der Waals surface area contributed by atoms with Crippen molar-refractivity contribution < 1.29 is 4.79 Å². The zero-order chi connectivity index (χ0) is 26.5. The number of hydrogen-bond acceptors (Lipinski definition) is 4. The number of urea groups is 1. The Balaban J connectivity index is 1.31. The molecule has 1 aliphatic carbocycles. The van der Waals surface area contributed by atoms with Crippen LogP contribution in [0, 0.1) is 5.92 Å². The third-order valence-corrected chi connectivity index (χ3v) is 7.54. The molecular weight excluding hydrogens is 458 g/mol. The van der Waals surface area contributed by atoms with Crippen LogP contribution in [-0.4, -0.2) is 37.7 Å². The molecule has 37 heavy (non-hydrogen) atoms. The lowest BCUT2D eigenvalue weighted by Crippen LogP contribution is -2.36. The topological polar surface area (TPSA) is 69.3 Å². The molecule has 0 spiro atoms. The maximum absolute atomic E-state index is 12.9. The van der Waals surface area contributed by atoms with E-state index in [1.807, 2.05) is 6.07 Å². The second-order valence-electron chi connectivity index (χ2n) is 11.3. The van der Waals surface area contributed by atoms with Gasteiger partial charge in [0.2, 0.25) is 0 Å². The first-order chi connectivity index (χ1) is 17.7. The first-order valence-corrected chi connectivity index (χ1v) is 13.7. The molecule has 3 aromatic rings. The van der Waals surface area contributed by atoms with Crippen molar-refractivity contribution in [1.82, 2.24) is 10.3 Å². The van der Waals surface area contributed by atoms with E-state index >= 15 is 0 Å². The standard InChI is InChI=1S/C31H43N5O/c1-20(2)24-11-9-12-25(21(3)4)30(24)35-31(37)32-19-22-14-16-23(17-15-22)33-29-18-28(36(5)6)26-10-7-8-13-27(26)34-29/h7-13,18,20-23H,14-17,19H2,1-6H3,(H,33,34)(H2,32,35,37)/t22-,23+. The van der Waals surface area contributed by atoms with Crippen LogP contribution in [0.5, 0.6) is 0 Å². The van der Waals surface area contributed by atoms with Crippen molar-refractivity contribution in [2.24, 2.45) is 5.92 Å². The lowest BCUT2D eigenvalue weighted by molar-refractivity contribution is 0.246. The average Bonchev–Trinajstić information content (AvgIpc) is 2.87. The van der Waals surface area contributed by atoms with Crippen LogP contribution in [0.2, 0.25) is 0 Å². The van der Waals surface area contributed by atoms with Crippen molar-refractivity contribution >= 4 is 34.1 Å². The number of anilines is 3. The van der Waals surface area contributed by atoms with Gasteiger partial charge in [-0.05, 0) is 60.6 Å². The summed E-state index contributed by atoms with van der Waals surface area (Å²) < 4.78 is 0. The van der Waals surface area contributed by atoms with E-state index in [1.165, 1.54) is 22.2 Å². The van der Waals surface area contributed by atoms with E-state index in [1.54, 1.807) is 0 Å². The lowest BCUT2D eigenvalue weighted by Gasteiger charge is -2.30. The average molecular weight is 502 g/mol. The molecule has 0 aliphatic heterocycles. The zero-order valence-electron chi connectivity index (χ0n) is 23.3. The number of carbonyl (C=O) groups excluding carboxylic acids is 1. The number of amides is 2. The summed E-state index contributed by atoms with van der Waals surface area (Å²) in [5.74, 6) is 2.13. The van der Waals surface area contributed by atoms with Crippen LogP contribution in [0.4, 0.5) is 22.0 Å². The van der Waals surface area contributed by atoms with Gasteiger partial charge in [0.25, 0.3) is 0 Å². The van der Waals surface area contributed by atoms with Gasteiger partial charge in [-0.3, -0.25) is 0 Å². The maximum Gasteiger partial charge on any atom is 0.319 e. The number of pyridine rings is 1. The number of nitrogens with zero attached hydrogens (tertiary/aromatic N) is 2. The Morgan fingerprint density at radius 2 is 1.59 bits per heavy atom. The Bertz CT molecular complexity index is 1190. The molecule has 0 bridgehead atoms. The monoisotopic (exact) mass is 501 g/mol. The van der Waals surface area contributed by atoms with Gasteiger partial charge in [0, 0.05) is 49.5 Å². The van der Waals surface area contributed by atoms with E-state index in [2.05, 4.69) is 105 Å². The third kappa shape index (κ3) is 6.54. The molecule has 2 amide bonds. The molecule has 0 unspecified atom stereocenters. The summed E-state index contributed by atoms with van der Waals surface area (Å²) in [7, 11) is 4.15. The third-order valence-electron chi connectivity index (χ3n) is 7.54. The molecule has 4 rings (SSSR count). The minimum absolute atomic E-state index is 0.105. The second kappa shape index (κ2) is 11.8. The second-order valence-corrected chi connectivity index (χ2v) is 11.3. The van der Waals surface area contributed by atoms with Gasteiger partial charge in [-0.2, -0.15) is 0 Å². The number of fused-ring (bicyclic) bond motifs is 1. The highest BCUT2D eigenvalue weighted by molar-refractivity contribution is 5.93. The van der Waals surface area contributed by atoms with Crippen molar-refractivity contribution in [2.45, 2.75) is 71.3 Å². The number of para-hydroxylation sites is 2. The SMILES string of the molecule is CC(C)c1cccc(C(C)C)c1NC(=O)NC[C@H]1CC[C@@H](Nc2cc(N(C)C)c3ccccc3n2)CC1. The van der Waals surface area contributed by atoms with Crippen LogP contribution in [0.25, 0.3) is 10.9 Å². The first-order valence-electron chi connectivity index (χ1n) is 13.7. The van der Waals surface area contributed by atoms with Crippen LogP contribution in [0.15, 0.2) is 48.5 Å². The fourth-order valence-corrected chi connectivity index (χ4v) is 5.41. The molecule has 6 heteroatoms. The molecule has 1 aromatic heterocycles. The smallest absolute Gasteiger partial charge is 0.319 e. The molecule has 3 N–H and O–H groups in total. The van der Waals surface area contributed by atoms with Gasteiger partial charge < -0.3 is 20.9 Å². The van der Waals surface area contributed by atoms with Gasteiger partial charge in [-0.1, -0.05) is 64.1 Å². The van der Waals surface area contributed by atoms with Crippen LogP contribution in [0.1, 0.15) is 76.3 Å². The molecule has 6 nitrogen and oxygen atoms in total. The van der Waals surface area contributed by atoms with Crippen LogP contribution < -0.4 is 20.9 Å². The summed E-state index contributed by atoms with van der Waals surface area (Å²) >= 11 is 0. The fourth-order valence-electron chi connectivity index (χ4n) is 5.41. The van der Waals surface area contributed by atoms with E-state index in [-0.39, 0.29) is 6.03 Å². The molecule has 1 fully saturated rings. The van der Waals surface area contributed by atoms with Crippen molar-refractivity contribution in [3.05, 3.63) is 59.7 Å². The Morgan fingerprint density at radius 3 is 2.22 bits per heavy atom. The summed E-state index contributed by atoms with van der Waals surface area (Å²) in [5.41, 5.74) is 5.54. The molecule has 1 saturated carbocycles. The number of rotatable bonds is 8. The van der Waals surface area contributed by atoms with Gasteiger partial charge in [0.05, 0.1) is 5.52 Å². The predicted octanol–water partition coefficient (Wildman–Crippen LogP) is 7.34. The minimum Gasteiger partial charge on any atom is -0.377 e. The quantitative estimate of drug-likeness (QED) is 0.302. The van der Waals surface area contributed by atoms with Gasteiger partial charge in [0.1, 0.15) is 5.82 Å². The number of carbonyl (C=O) groups is 1. The molecule has 0 atom stereocenters. The first kappa shape index (κ1) is 26.8. The molecule has 0 radical (unpaired) electrons. The van der Waals surface area contributed by atoms with Crippen molar-refractivity contribution in [3.63, 3.8) is 0 Å². The van der Waals surface area contributed by atoms with Crippen molar-refractivity contribution in [1.29, 1.82) is 0 Å². The van der Waals surface area contributed by atoms with E-state index in [4.69, 9.17) is 4.98 Å². The number of nitrogens with one attached hydrogen (secondary N) is 3. The van der Waals surface area contributed by atoms with Crippen molar-refractivity contribution in [2.75, 3.05) is 36.2 Å². The summed E-state index contributed by atoms with van der Waals surface area (Å²) in [6, 6.07) is 17.1. The summed E-state index contributed by atoms with van der Waals surface area (Å²) in [6.45, 7) is 9.39. The number of hydrogen-bond donors (Lipinski definition) is 3. The lowest BCUT2D eigenvalue weighted by atomic mass is 9.86. The minimum atomic E-state index is -0.105. The Kier molecular flexibility index (Phi) is 8.57. The Morgan fingerprint density at radius 1 is 0.946 bits per heavy atom. The van der Waals surface area contributed by atoms with Crippen LogP contribution >= 0.6 is 0 Å². The van der Waals surface area contributed by atoms with Crippen molar-refractivity contribution in [3.8, 4) is 0 Å². The van der Waals surface area contributed by atoms with E-state index in [0.717, 1.165) is 42.7 Å². The Labute approximate surface area is 222 Å². The molecule has 1 heterocycles. The van der Waals surface area contributed by atoms with E-state index in [9.17, 15) is 4.79 Å². The molecular formula is C31H43N5O. The molecule has 1 aliphatic rings. The van der Waals surface area contributed by atoms with Gasteiger partial charge in [-0.15, -0.1) is 0 Å². The highest BCUT2D eigenvalue weighted by Gasteiger charge is 2.23. The van der Waals surface area contributed by atoms with Gasteiger partial charge in [0.15, 0.2) is 0 Å². The maximum atomic E-state index is 12.9. The number of aromatic nitrogens is 1. The summed E-state index contributed by atoms with van der Waals surface area (Å²) in [4.78, 5) is 19.9. The van der Waals surface area contributed by atoms with E-state index in [0.29, 0.717) is 30.3 Å². The highest BCUT2D eigenvalue weighted by Crippen LogP contribution is 2.33. The zero-order valence-corrected chi connectivity index (χ0v) is 23.3. The van der Waals surface area contributed by atoms with Crippen LogP contribution in [-0.2, 0) is 0 Å². The largest absolute Gasteiger partial charge is 0.377 e.